The fourth-order valence-electron chi connectivity index (χ4n) is 2.61. The summed E-state index contributed by atoms with van der Waals surface area (Å²) < 4.78 is 0. The molecule has 0 aromatic heterocycles. The molecule has 22 heavy (non-hydrogen) atoms. The molecule has 3 amide bonds. The number of carbonyl (C=O) groups is 3. The van der Waals surface area contributed by atoms with Crippen LogP contribution in [0.1, 0.15) is 30.1 Å². The second kappa shape index (κ2) is 6.05. The Hall–Kier alpha value is -2.57. The summed E-state index contributed by atoms with van der Waals surface area (Å²) >= 11 is 0. The number of benzene rings is 1. The summed E-state index contributed by atoms with van der Waals surface area (Å²) in [5.41, 5.74) is 5.06. The fourth-order valence-corrected chi connectivity index (χ4v) is 2.61. The first-order valence-corrected chi connectivity index (χ1v) is 7.01. The van der Waals surface area contributed by atoms with Crippen molar-refractivity contribution < 1.29 is 19.5 Å². The first-order chi connectivity index (χ1) is 10.3. The first kappa shape index (κ1) is 15.8. The Balaban J connectivity index is 2.10. The van der Waals surface area contributed by atoms with Crippen LogP contribution in [0.3, 0.4) is 0 Å². The molecule has 1 unspecified atom stereocenters. The number of amides is 3. The van der Waals surface area contributed by atoms with E-state index in [1.54, 1.807) is 36.1 Å². The second-order valence-electron chi connectivity index (χ2n) is 5.76. The van der Waals surface area contributed by atoms with Crippen molar-refractivity contribution in [1.82, 2.24) is 4.90 Å². The van der Waals surface area contributed by atoms with Crippen LogP contribution < -0.4 is 11.1 Å². The van der Waals surface area contributed by atoms with E-state index >= 15 is 0 Å². The van der Waals surface area contributed by atoms with Gasteiger partial charge in [0.15, 0.2) is 0 Å². The van der Waals surface area contributed by atoms with Gasteiger partial charge in [-0.25, -0.2) is 4.79 Å². The van der Waals surface area contributed by atoms with E-state index < -0.39 is 17.4 Å². The van der Waals surface area contributed by atoms with Gasteiger partial charge in [-0.3, -0.25) is 9.59 Å². The summed E-state index contributed by atoms with van der Waals surface area (Å²) in [5.74, 6) is -1.09. The van der Waals surface area contributed by atoms with E-state index in [-0.39, 0.29) is 12.5 Å². The maximum absolute atomic E-state index is 12.5. The standard InChI is InChI=1S/C15H19N3O4/c1-15(13(20)21)7-2-8-18(9-15)12(19)10-3-5-11(6-4-10)17-14(16)22/h3-6H,2,7-9H2,1H3,(H,20,21)(H3,16,17,22). The highest BCUT2D eigenvalue weighted by Gasteiger charge is 2.39. The maximum Gasteiger partial charge on any atom is 0.316 e. The average molecular weight is 305 g/mol. The summed E-state index contributed by atoms with van der Waals surface area (Å²) in [6.07, 6.45) is 1.23. The normalized spacial score (nSPS) is 21.2. The van der Waals surface area contributed by atoms with E-state index in [1.807, 2.05) is 0 Å². The van der Waals surface area contributed by atoms with Gasteiger partial charge in [0.1, 0.15) is 0 Å². The number of hydrogen-bond donors (Lipinski definition) is 3. The highest BCUT2D eigenvalue weighted by Crippen LogP contribution is 2.30. The summed E-state index contributed by atoms with van der Waals surface area (Å²) in [7, 11) is 0. The molecule has 2 rings (SSSR count). The van der Waals surface area contributed by atoms with Crippen molar-refractivity contribution in [2.24, 2.45) is 11.1 Å². The number of nitrogens with one attached hydrogen (secondary N) is 1. The molecule has 4 N–H and O–H groups in total. The SMILES string of the molecule is CC1(C(=O)O)CCCN(C(=O)c2ccc(NC(N)=O)cc2)C1. The van der Waals surface area contributed by atoms with E-state index in [0.29, 0.717) is 30.6 Å². The van der Waals surface area contributed by atoms with Gasteiger partial charge < -0.3 is 21.1 Å². The van der Waals surface area contributed by atoms with Crippen LogP contribution in [-0.4, -0.2) is 41.0 Å². The number of likely N-dealkylation sites (tertiary alicyclic amines) is 1. The zero-order chi connectivity index (χ0) is 16.3. The van der Waals surface area contributed by atoms with Gasteiger partial charge in [-0.2, -0.15) is 0 Å². The number of hydrogen-bond acceptors (Lipinski definition) is 3. The highest BCUT2D eigenvalue weighted by molar-refractivity contribution is 5.95. The van der Waals surface area contributed by atoms with E-state index in [1.165, 1.54) is 0 Å². The number of rotatable bonds is 3. The van der Waals surface area contributed by atoms with Crippen LogP contribution in [0.2, 0.25) is 0 Å². The molecular weight excluding hydrogens is 286 g/mol. The Morgan fingerprint density at radius 3 is 2.45 bits per heavy atom. The van der Waals surface area contributed by atoms with Gasteiger partial charge in [0, 0.05) is 24.3 Å². The molecule has 0 saturated carbocycles. The van der Waals surface area contributed by atoms with E-state index in [2.05, 4.69) is 5.32 Å². The van der Waals surface area contributed by atoms with Gasteiger partial charge in [-0.15, -0.1) is 0 Å². The number of primary amides is 1. The molecule has 1 fully saturated rings. The fraction of sp³-hybridized carbons (Fsp3) is 0.400. The lowest BCUT2D eigenvalue weighted by molar-refractivity contribution is -0.150. The zero-order valence-electron chi connectivity index (χ0n) is 12.3. The number of urea groups is 1. The third-order valence-corrected chi connectivity index (χ3v) is 3.90. The van der Waals surface area contributed by atoms with E-state index in [4.69, 9.17) is 5.73 Å². The number of piperidine rings is 1. The van der Waals surface area contributed by atoms with Crippen LogP contribution >= 0.6 is 0 Å². The van der Waals surface area contributed by atoms with Gasteiger partial charge in [-0.1, -0.05) is 0 Å². The molecule has 118 valence electrons. The van der Waals surface area contributed by atoms with Crippen LogP contribution in [0.15, 0.2) is 24.3 Å². The second-order valence-corrected chi connectivity index (χ2v) is 5.76. The predicted octanol–water partition coefficient (Wildman–Crippen LogP) is 1.50. The summed E-state index contributed by atoms with van der Waals surface area (Å²) in [4.78, 5) is 36.1. The average Bonchev–Trinajstić information content (AvgIpc) is 2.46. The van der Waals surface area contributed by atoms with Gasteiger partial charge >= 0.3 is 12.0 Å². The number of nitrogens with two attached hydrogens (primary N) is 1. The minimum atomic E-state index is -0.901. The number of carboxylic acids is 1. The Morgan fingerprint density at radius 2 is 1.91 bits per heavy atom. The highest BCUT2D eigenvalue weighted by atomic mass is 16.4. The lowest BCUT2D eigenvalue weighted by atomic mass is 9.82. The molecule has 1 aliphatic heterocycles. The molecular formula is C15H19N3O4. The quantitative estimate of drug-likeness (QED) is 0.785. The van der Waals surface area contributed by atoms with Gasteiger partial charge in [0.25, 0.3) is 5.91 Å². The first-order valence-electron chi connectivity index (χ1n) is 7.01. The molecule has 0 spiro atoms. The molecule has 0 bridgehead atoms. The van der Waals surface area contributed by atoms with Crippen LogP contribution in [0.4, 0.5) is 10.5 Å². The van der Waals surface area contributed by atoms with Crippen LogP contribution in [-0.2, 0) is 4.79 Å². The molecule has 0 aliphatic carbocycles. The number of aliphatic carboxylic acids is 1. The van der Waals surface area contributed by atoms with Crippen LogP contribution in [0.25, 0.3) is 0 Å². The van der Waals surface area contributed by atoms with Crippen molar-refractivity contribution in [3.05, 3.63) is 29.8 Å². The van der Waals surface area contributed by atoms with Gasteiger partial charge in [-0.05, 0) is 44.0 Å². The Bertz CT molecular complexity index is 599. The molecule has 1 heterocycles. The summed E-state index contributed by atoms with van der Waals surface area (Å²) in [5, 5.41) is 11.7. The topological polar surface area (TPSA) is 113 Å². The lowest BCUT2D eigenvalue weighted by Crippen LogP contribution is -2.48. The van der Waals surface area contributed by atoms with Crippen molar-refractivity contribution >= 4 is 23.6 Å². The van der Waals surface area contributed by atoms with Gasteiger partial charge in [0.2, 0.25) is 0 Å². The molecule has 1 saturated heterocycles. The number of carboxylic acid groups (broad SMARTS) is 1. The Morgan fingerprint density at radius 1 is 1.27 bits per heavy atom. The lowest BCUT2D eigenvalue weighted by Gasteiger charge is -2.37. The van der Waals surface area contributed by atoms with E-state index in [0.717, 1.165) is 0 Å². The monoisotopic (exact) mass is 305 g/mol. The number of carbonyl (C=O) groups excluding carboxylic acids is 2. The van der Waals surface area contributed by atoms with Crippen molar-refractivity contribution in [2.45, 2.75) is 19.8 Å². The van der Waals surface area contributed by atoms with Gasteiger partial charge in [0.05, 0.1) is 5.41 Å². The van der Waals surface area contributed by atoms with Crippen molar-refractivity contribution in [1.29, 1.82) is 0 Å². The Kier molecular flexibility index (Phi) is 4.35. The summed E-state index contributed by atoms with van der Waals surface area (Å²) in [6.45, 7) is 2.40. The molecule has 1 aliphatic rings. The summed E-state index contributed by atoms with van der Waals surface area (Å²) in [6, 6.07) is 5.66. The minimum absolute atomic E-state index is 0.197. The third kappa shape index (κ3) is 3.36. The van der Waals surface area contributed by atoms with Crippen molar-refractivity contribution in [3.63, 3.8) is 0 Å². The van der Waals surface area contributed by atoms with Crippen molar-refractivity contribution in [3.8, 4) is 0 Å². The number of anilines is 1. The zero-order valence-corrected chi connectivity index (χ0v) is 12.3. The van der Waals surface area contributed by atoms with Crippen LogP contribution in [0.5, 0.6) is 0 Å². The largest absolute Gasteiger partial charge is 0.481 e. The molecule has 7 nitrogen and oxygen atoms in total. The minimum Gasteiger partial charge on any atom is -0.481 e. The molecule has 7 heteroatoms. The van der Waals surface area contributed by atoms with Crippen molar-refractivity contribution in [2.75, 3.05) is 18.4 Å². The number of nitrogens with zero attached hydrogens (tertiary/aromatic N) is 1. The predicted molar refractivity (Wildman–Crippen MR) is 80.5 cm³/mol. The smallest absolute Gasteiger partial charge is 0.316 e. The molecule has 1 atom stereocenters. The maximum atomic E-state index is 12.5. The third-order valence-electron chi connectivity index (χ3n) is 3.90. The molecule has 1 aromatic carbocycles. The van der Waals surface area contributed by atoms with E-state index in [9.17, 15) is 19.5 Å². The molecule has 0 radical (unpaired) electrons. The Labute approximate surface area is 128 Å². The molecule has 1 aromatic rings. The van der Waals surface area contributed by atoms with Crippen LogP contribution in [0, 0.1) is 5.41 Å².